The van der Waals surface area contributed by atoms with Gasteiger partial charge < -0.3 is 4.74 Å². The molecule has 0 aliphatic rings. The molecule has 0 aliphatic carbocycles. The third-order valence-electron chi connectivity index (χ3n) is 1.81. The van der Waals surface area contributed by atoms with E-state index in [0.29, 0.717) is 0 Å². The molecule has 1 atom stereocenters. The fourth-order valence-corrected chi connectivity index (χ4v) is 2.11. The third kappa shape index (κ3) is 5.61. The van der Waals surface area contributed by atoms with E-state index in [1.165, 1.54) is 0 Å². The Labute approximate surface area is 106 Å². The summed E-state index contributed by atoms with van der Waals surface area (Å²) in [4.78, 5) is 16.1. The van der Waals surface area contributed by atoms with Crippen LogP contribution in [0, 0.1) is 5.92 Å². The van der Waals surface area contributed by atoms with Gasteiger partial charge in [-0.1, -0.05) is 26.5 Å². The van der Waals surface area contributed by atoms with Crippen molar-refractivity contribution in [1.29, 1.82) is 0 Å². The van der Waals surface area contributed by atoms with Gasteiger partial charge in [0.15, 0.2) is 6.04 Å². The highest BCUT2D eigenvalue weighted by Gasteiger charge is 2.23. The van der Waals surface area contributed by atoms with Gasteiger partial charge in [0, 0.05) is 0 Å². The number of hydrogen-bond acceptors (Lipinski definition) is 5. The number of ether oxygens (including phenoxy) is 1. The summed E-state index contributed by atoms with van der Waals surface area (Å²) >= 11 is 3.08. The molecule has 5 heteroatoms. The summed E-state index contributed by atoms with van der Waals surface area (Å²) in [6.45, 7) is 7.67. The molecule has 0 saturated heterocycles. The summed E-state index contributed by atoms with van der Waals surface area (Å²) in [6.07, 6.45) is 5.45. The normalized spacial score (nSPS) is 12.1. The average molecular weight is 261 g/mol. The number of hydrogen-bond donors (Lipinski definition) is 0. The molecule has 0 N–H and O–H groups in total. The van der Waals surface area contributed by atoms with Crippen LogP contribution in [-0.2, 0) is 9.53 Å². The van der Waals surface area contributed by atoms with E-state index in [0.717, 1.165) is 4.38 Å². The van der Waals surface area contributed by atoms with Crippen LogP contribution in [0.3, 0.4) is 0 Å². The lowest BCUT2D eigenvalue weighted by Crippen LogP contribution is -2.27. The monoisotopic (exact) mass is 261 g/mol. The van der Waals surface area contributed by atoms with Crippen LogP contribution in [0.4, 0.5) is 0 Å². The molecule has 0 aromatic rings. The van der Waals surface area contributed by atoms with Gasteiger partial charge in [-0.05, 0) is 18.4 Å². The molecule has 0 aromatic heterocycles. The van der Waals surface area contributed by atoms with Crippen LogP contribution in [0.15, 0.2) is 17.6 Å². The first-order valence-corrected chi connectivity index (χ1v) is 7.45. The first-order chi connectivity index (χ1) is 7.56. The van der Waals surface area contributed by atoms with E-state index in [-0.39, 0.29) is 18.5 Å². The maximum Gasteiger partial charge on any atom is 0.331 e. The summed E-state index contributed by atoms with van der Waals surface area (Å²) in [5.74, 6) is -0.151. The van der Waals surface area contributed by atoms with Gasteiger partial charge in [0.2, 0.25) is 0 Å². The summed E-state index contributed by atoms with van der Waals surface area (Å²) < 4.78 is 5.92. The van der Waals surface area contributed by atoms with Crippen molar-refractivity contribution in [2.75, 3.05) is 19.1 Å². The molecule has 0 rings (SSSR count). The molecule has 0 bridgehead atoms. The first kappa shape index (κ1) is 15.6. The van der Waals surface area contributed by atoms with Crippen LogP contribution in [-0.4, -0.2) is 35.5 Å². The molecular weight excluding hydrogens is 242 g/mol. The summed E-state index contributed by atoms with van der Waals surface area (Å²) in [6, 6.07) is -0.421. The molecule has 0 amide bonds. The molecule has 92 valence electrons. The number of esters is 1. The van der Waals surface area contributed by atoms with E-state index in [2.05, 4.69) is 11.6 Å². The smallest absolute Gasteiger partial charge is 0.331 e. The fourth-order valence-electron chi connectivity index (χ4n) is 1.00. The Bertz CT molecular complexity index is 259. The van der Waals surface area contributed by atoms with E-state index >= 15 is 0 Å². The molecule has 0 heterocycles. The highest BCUT2D eigenvalue weighted by molar-refractivity contribution is 8.38. The lowest BCUT2D eigenvalue weighted by molar-refractivity contribution is -0.144. The van der Waals surface area contributed by atoms with E-state index < -0.39 is 6.04 Å². The molecule has 0 spiro atoms. The van der Waals surface area contributed by atoms with Gasteiger partial charge in [0.1, 0.15) is 11.0 Å². The molecular formula is C11H19NO2S2. The van der Waals surface area contributed by atoms with Gasteiger partial charge in [0.25, 0.3) is 0 Å². The van der Waals surface area contributed by atoms with E-state index in [1.807, 2.05) is 26.4 Å². The second-order valence-electron chi connectivity index (χ2n) is 3.41. The van der Waals surface area contributed by atoms with Crippen molar-refractivity contribution in [1.82, 2.24) is 0 Å². The Balaban J connectivity index is 4.66. The van der Waals surface area contributed by atoms with Gasteiger partial charge in [-0.2, -0.15) is 0 Å². The maximum atomic E-state index is 11.7. The van der Waals surface area contributed by atoms with E-state index in [1.54, 1.807) is 29.6 Å². The van der Waals surface area contributed by atoms with Gasteiger partial charge in [0.05, 0.1) is 0 Å². The lowest BCUT2D eigenvalue weighted by atomic mass is 10.1. The molecule has 0 aromatic carbocycles. The van der Waals surface area contributed by atoms with Gasteiger partial charge in [-0.3, -0.25) is 4.99 Å². The highest BCUT2D eigenvalue weighted by Crippen LogP contribution is 2.17. The minimum absolute atomic E-state index is 0.131. The quantitative estimate of drug-likeness (QED) is 0.330. The maximum absolute atomic E-state index is 11.7. The summed E-state index contributed by atoms with van der Waals surface area (Å²) in [5.41, 5.74) is 0. The van der Waals surface area contributed by atoms with Crippen molar-refractivity contribution < 1.29 is 9.53 Å². The zero-order valence-electron chi connectivity index (χ0n) is 10.2. The van der Waals surface area contributed by atoms with E-state index in [4.69, 9.17) is 4.74 Å². The second-order valence-corrected chi connectivity index (χ2v) is 5.26. The number of carbonyl (C=O) groups is 1. The number of nitrogens with zero attached hydrogens (tertiary/aromatic N) is 1. The van der Waals surface area contributed by atoms with Gasteiger partial charge in [-0.25, -0.2) is 4.79 Å². The zero-order valence-corrected chi connectivity index (χ0v) is 11.9. The predicted molar refractivity (Wildman–Crippen MR) is 74.2 cm³/mol. The standard InChI is InChI=1S/C11H19NO2S2/c1-6-7-14-10(13)9(8(2)3)12-11(15-4)16-5/h6,8-9H,1,7H2,2-5H3/t9-/m0/s1. The van der Waals surface area contributed by atoms with Crippen LogP contribution in [0.1, 0.15) is 13.8 Å². The average Bonchev–Trinajstić information content (AvgIpc) is 2.27. The molecule has 0 radical (unpaired) electrons. The Kier molecular flexibility index (Phi) is 8.47. The minimum Gasteiger partial charge on any atom is -0.460 e. The Morgan fingerprint density at radius 1 is 1.44 bits per heavy atom. The number of rotatable bonds is 5. The van der Waals surface area contributed by atoms with Crippen molar-refractivity contribution >= 4 is 33.9 Å². The SMILES string of the molecule is C=CCOC(=O)[C@@H](N=C(SC)SC)C(C)C. The van der Waals surface area contributed by atoms with Crippen LogP contribution < -0.4 is 0 Å². The van der Waals surface area contributed by atoms with Crippen molar-refractivity contribution in [2.45, 2.75) is 19.9 Å². The molecule has 0 aliphatic heterocycles. The molecule has 0 saturated carbocycles. The Morgan fingerprint density at radius 2 is 2.00 bits per heavy atom. The second kappa shape index (κ2) is 8.70. The first-order valence-electron chi connectivity index (χ1n) is 5.00. The number of carbonyl (C=O) groups excluding carboxylic acids is 1. The highest BCUT2D eigenvalue weighted by atomic mass is 32.2. The largest absolute Gasteiger partial charge is 0.460 e. The Morgan fingerprint density at radius 3 is 2.38 bits per heavy atom. The topological polar surface area (TPSA) is 38.7 Å². The van der Waals surface area contributed by atoms with Crippen LogP contribution in [0.5, 0.6) is 0 Å². The van der Waals surface area contributed by atoms with E-state index in [9.17, 15) is 4.79 Å². The lowest BCUT2D eigenvalue weighted by Gasteiger charge is -2.15. The molecule has 3 nitrogen and oxygen atoms in total. The zero-order chi connectivity index (χ0) is 12.6. The molecule has 0 unspecified atom stereocenters. The van der Waals surface area contributed by atoms with Crippen molar-refractivity contribution in [3.8, 4) is 0 Å². The predicted octanol–water partition coefficient (Wildman–Crippen LogP) is 2.82. The van der Waals surface area contributed by atoms with Crippen LogP contribution in [0.2, 0.25) is 0 Å². The summed E-state index contributed by atoms with van der Waals surface area (Å²) in [5, 5.41) is 0. The Hall–Kier alpha value is -0.420. The fraction of sp³-hybridized carbons (Fsp3) is 0.636. The third-order valence-corrected chi connectivity index (χ3v) is 3.72. The summed E-state index contributed by atoms with van der Waals surface area (Å²) in [7, 11) is 0. The van der Waals surface area contributed by atoms with Crippen LogP contribution in [0.25, 0.3) is 0 Å². The molecule has 16 heavy (non-hydrogen) atoms. The van der Waals surface area contributed by atoms with Crippen LogP contribution >= 0.6 is 23.5 Å². The van der Waals surface area contributed by atoms with Crippen molar-refractivity contribution in [2.24, 2.45) is 10.9 Å². The van der Waals surface area contributed by atoms with Gasteiger partial charge in [-0.15, -0.1) is 23.5 Å². The number of aliphatic imine (C=N–C) groups is 1. The molecule has 0 fully saturated rings. The number of thioether (sulfide) groups is 2. The van der Waals surface area contributed by atoms with Crippen molar-refractivity contribution in [3.05, 3.63) is 12.7 Å². The van der Waals surface area contributed by atoms with Crippen molar-refractivity contribution in [3.63, 3.8) is 0 Å². The van der Waals surface area contributed by atoms with Gasteiger partial charge >= 0.3 is 5.97 Å². The minimum atomic E-state index is -0.421.